The van der Waals surface area contributed by atoms with Gasteiger partial charge in [0.05, 0.1) is 24.6 Å². The Balaban J connectivity index is 1.38. The molecule has 0 unspecified atom stereocenters. The van der Waals surface area contributed by atoms with Crippen molar-refractivity contribution < 1.29 is 17.9 Å². The summed E-state index contributed by atoms with van der Waals surface area (Å²) in [5.41, 5.74) is 3.19. The highest BCUT2D eigenvalue weighted by Crippen LogP contribution is 2.31. The number of aromatic nitrogens is 6. The first kappa shape index (κ1) is 22.3. The van der Waals surface area contributed by atoms with E-state index in [1.54, 1.807) is 36.1 Å². The Bertz CT molecular complexity index is 1540. The molecule has 2 N–H and O–H groups in total. The zero-order valence-electron chi connectivity index (χ0n) is 18.6. The first-order chi connectivity index (χ1) is 16.9. The highest BCUT2D eigenvalue weighted by Gasteiger charge is 2.13. The molecule has 3 aromatic heterocycles. The molecule has 0 spiro atoms. The van der Waals surface area contributed by atoms with Crippen LogP contribution in [0.25, 0.3) is 22.1 Å². The summed E-state index contributed by atoms with van der Waals surface area (Å²) < 4.78 is 47.0. The maximum Gasteiger partial charge on any atom is 0.255 e. The Morgan fingerprint density at radius 2 is 1.91 bits per heavy atom. The first-order valence-electron chi connectivity index (χ1n) is 10.5. The van der Waals surface area contributed by atoms with Gasteiger partial charge in [0.2, 0.25) is 5.95 Å². The predicted molar refractivity (Wildman–Crippen MR) is 125 cm³/mol. The second-order valence-electron chi connectivity index (χ2n) is 7.76. The molecule has 35 heavy (non-hydrogen) atoms. The topological polar surface area (TPSA) is 103 Å². The third-order valence-corrected chi connectivity index (χ3v) is 5.20. The van der Waals surface area contributed by atoms with Crippen molar-refractivity contribution in [1.29, 1.82) is 0 Å². The number of aryl methyl sites for hydroxylation is 2. The van der Waals surface area contributed by atoms with Crippen molar-refractivity contribution in [3.05, 3.63) is 60.6 Å². The van der Waals surface area contributed by atoms with Gasteiger partial charge >= 0.3 is 0 Å². The minimum absolute atomic E-state index is 0.0488. The van der Waals surface area contributed by atoms with Gasteiger partial charge in [0.15, 0.2) is 11.6 Å². The van der Waals surface area contributed by atoms with Gasteiger partial charge in [0.1, 0.15) is 34.4 Å². The number of fused-ring (bicyclic) bond motifs is 2. The lowest BCUT2D eigenvalue weighted by Crippen LogP contribution is -2.12. The lowest BCUT2D eigenvalue weighted by Gasteiger charge is -2.13. The number of benzene rings is 2. The number of hydrogen-bond acceptors (Lipinski definition) is 8. The number of nitrogens with zero attached hydrogens (tertiary/aromatic N) is 6. The van der Waals surface area contributed by atoms with Gasteiger partial charge in [-0.05, 0) is 30.7 Å². The van der Waals surface area contributed by atoms with Gasteiger partial charge in [0, 0.05) is 24.9 Å². The zero-order chi connectivity index (χ0) is 24.5. The molecule has 0 aliphatic carbocycles. The molecule has 12 heteroatoms. The molecule has 0 atom stereocenters. The molecule has 5 aromatic rings. The number of anilines is 3. The van der Waals surface area contributed by atoms with Gasteiger partial charge in [-0.15, -0.1) is 0 Å². The van der Waals surface area contributed by atoms with Crippen LogP contribution in [0.2, 0.25) is 0 Å². The minimum atomic E-state index is -2.54. The molecular formula is C23H19F3N8O. The fraction of sp³-hybridized carbons (Fsp3) is 0.174. The molecule has 178 valence electrons. The van der Waals surface area contributed by atoms with Gasteiger partial charge < -0.3 is 19.9 Å². The average molecular weight is 480 g/mol. The fourth-order valence-electron chi connectivity index (χ4n) is 3.58. The van der Waals surface area contributed by atoms with Crippen molar-refractivity contribution in [1.82, 2.24) is 29.5 Å². The molecule has 0 aliphatic heterocycles. The summed E-state index contributed by atoms with van der Waals surface area (Å²) in [6, 6.07) is 8.34. The molecule has 0 fully saturated rings. The molecule has 3 heterocycles. The van der Waals surface area contributed by atoms with E-state index in [0.29, 0.717) is 45.1 Å². The van der Waals surface area contributed by atoms with Crippen molar-refractivity contribution in [2.75, 3.05) is 17.2 Å². The van der Waals surface area contributed by atoms with Crippen molar-refractivity contribution in [2.24, 2.45) is 7.05 Å². The van der Waals surface area contributed by atoms with Crippen LogP contribution < -0.4 is 15.4 Å². The smallest absolute Gasteiger partial charge is 0.255 e. The van der Waals surface area contributed by atoms with E-state index < -0.39 is 18.8 Å². The molecule has 5 rings (SSSR count). The summed E-state index contributed by atoms with van der Waals surface area (Å²) >= 11 is 0. The van der Waals surface area contributed by atoms with E-state index in [2.05, 4.69) is 35.6 Å². The SMILES string of the molecule is Cc1cc(Nc2ncnc3cnc(NCC(F)F)nc23)ccc1Oc1cc(F)c2c(c1)ncn2C. The Morgan fingerprint density at radius 1 is 1.06 bits per heavy atom. The van der Waals surface area contributed by atoms with Crippen LogP contribution in [-0.4, -0.2) is 42.5 Å². The maximum absolute atomic E-state index is 14.5. The molecule has 0 saturated heterocycles. The van der Waals surface area contributed by atoms with E-state index in [1.807, 2.05) is 13.0 Å². The summed E-state index contributed by atoms with van der Waals surface area (Å²) in [7, 11) is 1.72. The van der Waals surface area contributed by atoms with Crippen molar-refractivity contribution >= 4 is 39.5 Å². The number of halogens is 3. The van der Waals surface area contributed by atoms with Crippen LogP contribution in [0, 0.1) is 12.7 Å². The van der Waals surface area contributed by atoms with Crippen LogP contribution in [0.4, 0.5) is 30.6 Å². The average Bonchev–Trinajstić information content (AvgIpc) is 3.20. The first-order valence-corrected chi connectivity index (χ1v) is 10.5. The molecule has 0 bridgehead atoms. The quantitative estimate of drug-likeness (QED) is 0.337. The van der Waals surface area contributed by atoms with Crippen LogP contribution in [0.15, 0.2) is 49.2 Å². The second kappa shape index (κ2) is 9.05. The third kappa shape index (κ3) is 4.63. The Kier molecular flexibility index (Phi) is 5.77. The molecule has 2 aromatic carbocycles. The van der Waals surface area contributed by atoms with E-state index in [1.165, 1.54) is 18.6 Å². The predicted octanol–water partition coefficient (Wildman–Crippen LogP) is 4.97. The van der Waals surface area contributed by atoms with Crippen molar-refractivity contribution in [3.63, 3.8) is 0 Å². The van der Waals surface area contributed by atoms with Crippen LogP contribution >= 0.6 is 0 Å². The van der Waals surface area contributed by atoms with E-state index in [-0.39, 0.29) is 5.95 Å². The molecular weight excluding hydrogens is 461 g/mol. The third-order valence-electron chi connectivity index (χ3n) is 5.20. The van der Waals surface area contributed by atoms with E-state index in [9.17, 15) is 13.2 Å². The molecule has 9 nitrogen and oxygen atoms in total. The normalized spacial score (nSPS) is 11.4. The van der Waals surface area contributed by atoms with Gasteiger partial charge in [-0.1, -0.05) is 0 Å². The zero-order valence-corrected chi connectivity index (χ0v) is 18.6. The summed E-state index contributed by atoms with van der Waals surface area (Å²) in [6.07, 6.45) is 1.79. The summed E-state index contributed by atoms with van der Waals surface area (Å²) in [5, 5.41) is 5.64. The summed E-state index contributed by atoms with van der Waals surface area (Å²) in [4.78, 5) is 20.8. The van der Waals surface area contributed by atoms with Gasteiger partial charge in [-0.25, -0.2) is 38.1 Å². The summed E-state index contributed by atoms with van der Waals surface area (Å²) in [6.45, 7) is 1.28. The van der Waals surface area contributed by atoms with Gasteiger partial charge in [-0.3, -0.25) is 0 Å². The van der Waals surface area contributed by atoms with Gasteiger partial charge in [-0.2, -0.15) is 0 Å². The monoisotopic (exact) mass is 480 g/mol. The number of ether oxygens (including phenoxy) is 1. The fourth-order valence-corrected chi connectivity index (χ4v) is 3.58. The van der Waals surface area contributed by atoms with Crippen LogP contribution in [0.5, 0.6) is 11.5 Å². The standard InChI is InChI=1S/C23H19F3N8O/c1-12-5-13(3-4-18(12)35-14-6-15(24)21-16(7-14)31-11-34(21)2)32-22-20-17(29-10-30-22)8-27-23(33-20)28-9-19(25)26/h3-8,10-11,19H,9H2,1-2H3,(H,27,28,33)(H,29,30,32). The van der Waals surface area contributed by atoms with Crippen molar-refractivity contribution in [2.45, 2.75) is 13.3 Å². The Hall–Kier alpha value is -4.48. The number of hydrogen-bond donors (Lipinski definition) is 2. The van der Waals surface area contributed by atoms with Crippen LogP contribution in [0.1, 0.15) is 5.56 Å². The minimum Gasteiger partial charge on any atom is -0.457 e. The maximum atomic E-state index is 14.5. The lowest BCUT2D eigenvalue weighted by atomic mass is 10.2. The Morgan fingerprint density at radius 3 is 2.71 bits per heavy atom. The van der Waals surface area contributed by atoms with Crippen LogP contribution in [0.3, 0.4) is 0 Å². The van der Waals surface area contributed by atoms with E-state index >= 15 is 0 Å². The number of alkyl halides is 2. The largest absolute Gasteiger partial charge is 0.457 e. The van der Waals surface area contributed by atoms with E-state index in [4.69, 9.17) is 4.74 Å². The molecule has 0 amide bonds. The lowest BCUT2D eigenvalue weighted by molar-refractivity contribution is 0.163. The number of rotatable bonds is 7. The van der Waals surface area contributed by atoms with Gasteiger partial charge in [0.25, 0.3) is 6.43 Å². The highest BCUT2D eigenvalue weighted by molar-refractivity contribution is 5.87. The van der Waals surface area contributed by atoms with E-state index in [0.717, 1.165) is 5.56 Å². The van der Waals surface area contributed by atoms with Crippen LogP contribution in [-0.2, 0) is 7.05 Å². The number of nitrogens with one attached hydrogen (secondary N) is 2. The molecule has 0 radical (unpaired) electrons. The second-order valence-corrected chi connectivity index (χ2v) is 7.76. The molecule has 0 aliphatic rings. The molecule has 0 saturated carbocycles. The number of imidazole rings is 1. The highest BCUT2D eigenvalue weighted by atomic mass is 19.3. The van der Waals surface area contributed by atoms with Crippen molar-refractivity contribution in [3.8, 4) is 11.5 Å². The Labute approximate surface area is 197 Å². The summed E-state index contributed by atoms with van der Waals surface area (Å²) in [5.74, 6) is 0.882.